The second kappa shape index (κ2) is 4.53. The van der Waals surface area contributed by atoms with Gasteiger partial charge in [0.2, 0.25) is 5.91 Å². The van der Waals surface area contributed by atoms with Crippen LogP contribution in [0, 0.1) is 5.92 Å². The van der Waals surface area contributed by atoms with Crippen molar-refractivity contribution in [2.75, 3.05) is 13.2 Å². The number of hydrogen-bond acceptors (Lipinski definition) is 3. The van der Waals surface area contributed by atoms with Crippen LogP contribution in [0.1, 0.15) is 13.3 Å². The Balaban J connectivity index is 2.35. The van der Waals surface area contributed by atoms with Gasteiger partial charge in [-0.3, -0.25) is 4.79 Å². The molecule has 1 heterocycles. The molecule has 0 aromatic rings. The summed E-state index contributed by atoms with van der Waals surface area (Å²) in [6.07, 6.45) is 0.788. The first-order chi connectivity index (χ1) is 6.11. The average molecular weight is 202 g/mol. The van der Waals surface area contributed by atoms with Gasteiger partial charge in [-0.1, -0.05) is 12.2 Å². The van der Waals surface area contributed by atoms with Gasteiger partial charge in [0, 0.05) is 6.61 Å². The lowest BCUT2D eigenvalue weighted by atomic mass is 10.1. The standard InChI is InChI=1S/C8H14N2O2S/c1-5(7(9)13)10-8(11)6-2-3-12-4-6/h5-6H,2-4H2,1H3,(H2,9,13)(H,10,11). The molecule has 0 saturated carbocycles. The van der Waals surface area contributed by atoms with Crippen molar-refractivity contribution >= 4 is 23.1 Å². The van der Waals surface area contributed by atoms with Gasteiger partial charge in [0.1, 0.15) is 0 Å². The topological polar surface area (TPSA) is 64.3 Å². The van der Waals surface area contributed by atoms with Gasteiger partial charge in [-0.25, -0.2) is 0 Å². The first-order valence-electron chi connectivity index (χ1n) is 4.28. The molecular formula is C8H14N2O2S. The van der Waals surface area contributed by atoms with Crippen molar-refractivity contribution in [2.45, 2.75) is 19.4 Å². The van der Waals surface area contributed by atoms with Gasteiger partial charge in [0.15, 0.2) is 0 Å². The van der Waals surface area contributed by atoms with Crippen LogP contribution in [0.2, 0.25) is 0 Å². The van der Waals surface area contributed by atoms with E-state index in [1.54, 1.807) is 6.92 Å². The smallest absolute Gasteiger partial charge is 0.226 e. The summed E-state index contributed by atoms with van der Waals surface area (Å²) in [7, 11) is 0. The van der Waals surface area contributed by atoms with Crippen molar-refractivity contribution in [1.29, 1.82) is 0 Å². The molecular weight excluding hydrogens is 188 g/mol. The Morgan fingerprint density at radius 1 is 1.77 bits per heavy atom. The molecule has 1 fully saturated rings. The van der Waals surface area contributed by atoms with E-state index in [1.807, 2.05) is 0 Å². The summed E-state index contributed by atoms with van der Waals surface area (Å²) >= 11 is 4.74. The van der Waals surface area contributed by atoms with Gasteiger partial charge in [0.05, 0.1) is 23.6 Å². The minimum atomic E-state index is -0.233. The molecule has 1 saturated heterocycles. The summed E-state index contributed by atoms with van der Waals surface area (Å²) < 4.78 is 5.10. The molecule has 13 heavy (non-hydrogen) atoms. The molecule has 1 amide bonds. The molecule has 1 rings (SSSR count). The Hall–Kier alpha value is -0.680. The number of hydrogen-bond donors (Lipinski definition) is 2. The second-order valence-electron chi connectivity index (χ2n) is 3.19. The molecule has 0 aliphatic carbocycles. The van der Waals surface area contributed by atoms with Crippen molar-refractivity contribution in [2.24, 2.45) is 11.7 Å². The van der Waals surface area contributed by atoms with Crippen molar-refractivity contribution in [3.8, 4) is 0 Å². The fourth-order valence-corrected chi connectivity index (χ4v) is 1.20. The van der Waals surface area contributed by atoms with Crippen LogP contribution in [-0.4, -0.2) is 30.2 Å². The molecule has 5 heteroatoms. The third kappa shape index (κ3) is 2.93. The van der Waals surface area contributed by atoms with Crippen LogP contribution in [0.4, 0.5) is 0 Å². The zero-order valence-corrected chi connectivity index (χ0v) is 8.39. The third-order valence-corrected chi connectivity index (χ3v) is 2.44. The summed E-state index contributed by atoms with van der Waals surface area (Å²) in [5.74, 6) is -0.0467. The molecule has 0 bridgehead atoms. The molecule has 0 aromatic heterocycles. The van der Waals surface area contributed by atoms with Crippen LogP contribution in [0.25, 0.3) is 0 Å². The Labute approximate surface area is 82.8 Å². The van der Waals surface area contributed by atoms with Crippen molar-refractivity contribution in [1.82, 2.24) is 5.32 Å². The largest absolute Gasteiger partial charge is 0.392 e. The Morgan fingerprint density at radius 3 is 2.92 bits per heavy atom. The van der Waals surface area contributed by atoms with Gasteiger partial charge < -0.3 is 15.8 Å². The van der Waals surface area contributed by atoms with Crippen LogP contribution in [-0.2, 0) is 9.53 Å². The number of rotatable bonds is 3. The van der Waals surface area contributed by atoms with Crippen LogP contribution in [0.3, 0.4) is 0 Å². The fraction of sp³-hybridized carbons (Fsp3) is 0.750. The molecule has 1 aliphatic heterocycles. The highest BCUT2D eigenvalue weighted by Gasteiger charge is 2.24. The first kappa shape index (κ1) is 10.4. The average Bonchev–Trinajstić information content (AvgIpc) is 2.55. The van der Waals surface area contributed by atoms with E-state index >= 15 is 0 Å². The van der Waals surface area contributed by atoms with Gasteiger partial charge in [-0.05, 0) is 13.3 Å². The minimum absolute atomic E-state index is 0.0159. The SMILES string of the molecule is CC(NC(=O)C1CCOC1)C(N)=S. The number of carbonyl (C=O) groups excluding carboxylic acids is 1. The third-order valence-electron chi connectivity index (χ3n) is 2.09. The summed E-state index contributed by atoms with van der Waals surface area (Å²) in [5.41, 5.74) is 5.37. The predicted octanol–water partition coefficient (Wildman–Crippen LogP) is -0.186. The molecule has 3 N–H and O–H groups in total. The maximum atomic E-state index is 11.5. The number of thiocarbonyl (C=S) groups is 1. The lowest BCUT2D eigenvalue weighted by molar-refractivity contribution is -0.125. The van der Waals surface area contributed by atoms with Gasteiger partial charge in [-0.2, -0.15) is 0 Å². The quantitative estimate of drug-likeness (QED) is 0.623. The predicted molar refractivity (Wildman–Crippen MR) is 53.3 cm³/mol. The molecule has 0 spiro atoms. The Morgan fingerprint density at radius 2 is 2.46 bits per heavy atom. The summed E-state index contributed by atoms with van der Waals surface area (Å²) in [6.45, 7) is 2.95. The van der Waals surface area contributed by atoms with E-state index in [2.05, 4.69) is 5.32 Å². The molecule has 0 aromatic carbocycles. The number of nitrogens with two attached hydrogens (primary N) is 1. The summed E-state index contributed by atoms with van der Waals surface area (Å²) in [6, 6.07) is -0.233. The van der Waals surface area contributed by atoms with Crippen LogP contribution in [0.15, 0.2) is 0 Å². The van der Waals surface area contributed by atoms with Crippen LogP contribution < -0.4 is 11.1 Å². The molecule has 4 nitrogen and oxygen atoms in total. The number of amides is 1. The molecule has 74 valence electrons. The van der Waals surface area contributed by atoms with E-state index in [-0.39, 0.29) is 17.9 Å². The Bertz CT molecular complexity index is 214. The number of nitrogens with one attached hydrogen (secondary N) is 1. The van der Waals surface area contributed by atoms with E-state index in [4.69, 9.17) is 22.7 Å². The van der Waals surface area contributed by atoms with Crippen molar-refractivity contribution in [3.63, 3.8) is 0 Å². The number of carbonyl (C=O) groups is 1. The minimum Gasteiger partial charge on any atom is -0.392 e. The van der Waals surface area contributed by atoms with Crippen molar-refractivity contribution in [3.05, 3.63) is 0 Å². The lowest BCUT2D eigenvalue weighted by Gasteiger charge is -2.14. The highest BCUT2D eigenvalue weighted by molar-refractivity contribution is 7.80. The fourth-order valence-electron chi connectivity index (χ4n) is 1.14. The van der Waals surface area contributed by atoms with E-state index < -0.39 is 0 Å². The molecule has 2 unspecified atom stereocenters. The monoisotopic (exact) mass is 202 g/mol. The number of ether oxygens (including phenoxy) is 1. The highest BCUT2D eigenvalue weighted by Crippen LogP contribution is 2.12. The van der Waals surface area contributed by atoms with Crippen LogP contribution in [0.5, 0.6) is 0 Å². The summed E-state index contributed by atoms with van der Waals surface area (Å²) in [5, 5.41) is 2.74. The molecule has 0 radical (unpaired) electrons. The van der Waals surface area contributed by atoms with E-state index in [0.29, 0.717) is 18.2 Å². The zero-order valence-electron chi connectivity index (χ0n) is 7.58. The molecule has 2 atom stereocenters. The van der Waals surface area contributed by atoms with Gasteiger partial charge in [-0.15, -0.1) is 0 Å². The van der Waals surface area contributed by atoms with Crippen molar-refractivity contribution < 1.29 is 9.53 Å². The van der Waals surface area contributed by atoms with E-state index in [9.17, 15) is 4.79 Å². The van der Waals surface area contributed by atoms with Crippen LogP contribution >= 0.6 is 12.2 Å². The van der Waals surface area contributed by atoms with E-state index in [0.717, 1.165) is 6.42 Å². The molecule has 1 aliphatic rings. The maximum Gasteiger partial charge on any atom is 0.226 e. The zero-order chi connectivity index (χ0) is 9.84. The Kier molecular flexibility index (Phi) is 3.62. The summed E-state index contributed by atoms with van der Waals surface area (Å²) in [4.78, 5) is 11.8. The first-order valence-corrected chi connectivity index (χ1v) is 4.69. The van der Waals surface area contributed by atoms with Gasteiger partial charge >= 0.3 is 0 Å². The normalized spacial score (nSPS) is 23.9. The van der Waals surface area contributed by atoms with Gasteiger partial charge in [0.25, 0.3) is 0 Å². The highest BCUT2D eigenvalue weighted by atomic mass is 32.1. The lowest BCUT2D eigenvalue weighted by Crippen LogP contribution is -2.44. The second-order valence-corrected chi connectivity index (χ2v) is 3.66. The van der Waals surface area contributed by atoms with E-state index in [1.165, 1.54) is 0 Å². The maximum absolute atomic E-state index is 11.5.